The maximum atomic E-state index is 12.4. The summed E-state index contributed by atoms with van der Waals surface area (Å²) in [4.78, 5) is 24.4. The van der Waals surface area contributed by atoms with Crippen LogP contribution in [0, 0.1) is 10.1 Å². The second-order valence-corrected chi connectivity index (χ2v) is 4.60. The Labute approximate surface area is 133 Å². The van der Waals surface area contributed by atoms with Crippen LogP contribution in [0.25, 0.3) is 0 Å². The lowest BCUT2D eigenvalue weighted by atomic mass is 10.1. The number of carbonyl (C=O) groups excluding carboxylic acids is 1. The Morgan fingerprint density at radius 3 is 2.50 bits per heavy atom. The average molecular weight is 332 g/mol. The van der Waals surface area contributed by atoms with Gasteiger partial charge in [-0.15, -0.1) is 12.4 Å². The van der Waals surface area contributed by atoms with Crippen molar-refractivity contribution >= 4 is 24.0 Å². The summed E-state index contributed by atoms with van der Waals surface area (Å²) in [5, 5.41) is 14.1. The van der Waals surface area contributed by atoms with Crippen molar-refractivity contribution < 1.29 is 19.2 Å². The molecule has 2 rings (SSSR count). The third kappa shape index (κ3) is 3.77. The number of carbonyl (C=O) groups is 1. The molecule has 0 atom stereocenters. The Morgan fingerprint density at radius 2 is 1.95 bits per heavy atom. The fourth-order valence-corrected chi connectivity index (χ4v) is 1.99. The molecule has 0 saturated heterocycles. The minimum atomic E-state index is -0.586. The van der Waals surface area contributed by atoms with Crippen LogP contribution in [-0.4, -0.2) is 56.1 Å². The van der Waals surface area contributed by atoms with E-state index in [9.17, 15) is 14.9 Å². The maximum absolute atomic E-state index is 12.4. The number of amides is 1. The normalized spacial score (nSPS) is 12.3. The molecule has 0 unspecified atom stereocenters. The largest absolute Gasteiger partial charge is 0.486 e. The summed E-state index contributed by atoms with van der Waals surface area (Å²) < 4.78 is 10.7. The Bertz CT molecular complexity index is 567. The van der Waals surface area contributed by atoms with Gasteiger partial charge in [0.25, 0.3) is 11.6 Å². The van der Waals surface area contributed by atoms with Gasteiger partial charge >= 0.3 is 0 Å². The third-order valence-electron chi connectivity index (χ3n) is 3.13. The van der Waals surface area contributed by atoms with E-state index in [1.807, 2.05) is 0 Å². The topological polar surface area (TPSA) is 93.9 Å². The van der Waals surface area contributed by atoms with Crippen LogP contribution < -0.4 is 14.8 Å². The number of nitro groups is 1. The molecule has 9 heteroatoms. The van der Waals surface area contributed by atoms with Gasteiger partial charge in [-0.25, -0.2) is 0 Å². The fraction of sp³-hybridized carbons (Fsp3) is 0.462. The smallest absolute Gasteiger partial charge is 0.286 e. The SMILES string of the molecule is CNCCN(C)C(=O)c1cc2c(cc1[N+](=O)[O-])OCCO2.Cl. The van der Waals surface area contributed by atoms with Crippen LogP contribution in [0.2, 0.25) is 0 Å². The van der Waals surface area contributed by atoms with Crippen LogP contribution in [0.1, 0.15) is 10.4 Å². The van der Waals surface area contributed by atoms with Crippen LogP contribution in [0.5, 0.6) is 11.5 Å². The van der Waals surface area contributed by atoms with Gasteiger partial charge in [-0.2, -0.15) is 0 Å². The molecule has 1 aromatic rings. The van der Waals surface area contributed by atoms with Crippen molar-refractivity contribution in [2.24, 2.45) is 0 Å². The Kier molecular flexibility index (Phi) is 6.39. The van der Waals surface area contributed by atoms with Gasteiger partial charge < -0.3 is 19.7 Å². The van der Waals surface area contributed by atoms with E-state index in [1.54, 1.807) is 14.1 Å². The number of hydrogen-bond acceptors (Lipinski definition) is 6. The Balaban J connectivity index is 0.00000242. The molecule has 122 valence electrons. The van der Waals surface area contributed by atoms with Crippen LogP contribution in [0.15, 0.2) is 12.1 Å². The number of hydrogen-bond donors (Lipinski definition) is 1. The number of fused-ring (bicyclic) bond motifs is 1. The fourth-order valence-electron chi connectivity index (χ4n) is 1.99. The first kappa shape index (κ1) is 18.0. The lowest BCUT2D eigenvalue weighted by Crippen LogP contribution is -2.33. The standard InChI is InChI=1S/C13H17N3O5.ClH/c1-14-3-4-15(2)13(17)9-7-11-12(21-6-5-20-11)8-10(9)16(18)19;/h7-8,14H,3-6H2,1-2H3;1H. The summed E-state index contributed by atoms with van der Waals surface area (Å²) in [6.07, 6.45) is 0. The van der Waals surface area contributed by atoms with Crippen LogP contribution in [0.3, 0.4) is 0 Å². The minimum Gasteiger partial charge on any atom is -0.486 e. The van der Waals surface area contributed by atoms with Gasteiger partial charge in [0, 0.05) is 26.2 Å². The van der Waals surface area contributed by atoms with Gasteiger partial charge in [0.05, 0.1) is 11.0 Å². The summed E-state index contributed by atoms with van der Waals surface area (Å²) in [5.41, 5.74) is -0.275. The summed E-state index contributed by atoms with van der Waals surface area (Å²) in [6.45, 7) is 1.73. The highest BCUT2D eigenvalue weighted by Crippen LogP contribution is 2.36. The second kappa shape index (κ2) is 7.81. The van der Waals surface area contributed by atoms with Gasteiger partial charge in [0.1, 0.15) is 18.8 Å². The lowest BCUT2D eigenvalue weighted by Gasteiger charge is -2.21. The summed E-state index contributed by atoms with van der Waals surface area (Å²) in [5.74, 6) is 0.230. The molecule has 0 fully saturated rings. The van der Waals surface area contributed by atoms with Gasteiger partial charge in [0.15, 0.2) is 11.5 Å². The molecule has 1 N–H and O–H groups in total. The van der Waals surface area contributed by atoms with E-state index in [0.717, 1.165) is 0 Å². The van der Waals surface area contributed by atoms with Gasteiger partial charge in [-0.1, -0.05) is 0 Å². The molecule has 1 aliphatic heterocycles. The van der Waals surface area contributed by atoms with E-state index >= 15 is 0 Å². The number of benzene rings is 1. The van der Waals surface area contributed by atoms with Crippen molar-refractivity contribution in [2.75, 3.05) is 40.4 Å². The van der Waals surface area contributed by atoms with Crippen LogP contribution in [0.4, 0.5) is 5.69 Å². The number of nitro benzene ring substituents is 1. The average Bonchev–Trinajstić information content (AvgIpc) is 2.50. The summed E-state index contributed by atoms with van der Waals surface area (Å²) >= 11 is 0. The number of likely N-dealkylation sites (N-methyl/N-ethyl adjacent to an activating group) is 2. The minimum absolute atomic E-state index is 0. The van der Waals surface area contributed by atoms with E-state index in [2.05, 4.69) is 5.32 Å². The van der Waals surface area contributed by atoms with Crippen molar-refractivity contribution in [3.8, 4) is 11.5 Å². The highest BCUT2D eigenvalue weighted by atomic mass is 35.5. The molecule has 0 aromatic heterocycles. The van der Waals surface area contributed by atoms with E-state index in [-0.39, 0.29) is 23.7 Å². The van der Waals surface area contributed by atoms with Gasteiger partial charge in [0.2, 0.25) is 0 Å². The first-order chi connectivity index (χ1) is 10.0. The summed E-state index contributed by atoms with van der Waals surface area (Å²) in [6, 6.07) is 2.62. The van der Waals surface area contributed by atoms with Crippen LogP contribution in [-0.2, 0) is 0 Å². The highest BCUT2D eigenvalue weighted by molar-refractivity contribution is 5.99. The number of ether oxygens (including phenoxy) is 2. The predicted molar refractivity (Wildman–Crippen MR) is 82.2 cm³/mol. The number of nitrogens with zero attached hydrogens (tertiary/aromatic N) is 2. The van der Waals surface area contributed by atoms with E-state index < -0.39 is 10.8 Å². The molecule has 8 nitrogen and oxygen atoms in total. The molecule has 22 heavy (non-hydrogen) atoms. The first-order valence-electron chi connectivity index (χ1n) is 6.52. The molecule has 1 amide bonds. The zero-order chi connectivity index (χ0) is 15.4. The number of halogens is 1. The molecule has 0 spiro atoms. The molecule has 0 aliphatic carbocycles. The third-order valence-corrected chi connectivity index (χ3v) is 3.13. The molecule has 0 bridgehead atoms. The molecule has 1 aliphatic rings. The van der Waals surface area contributed by atoms with Crippen molar-refractivity contribution in [3.05, 3.63) is 27.8 Å². The zero-order valence-corrected chi connectivity index (χ0v) is 13.1. The second-order valence-electron chi connectivity index (χ2n) is 4.60. The van der Waals surface area contributed by atoms with E-state index in [4.69, 9.17) is 9.47 Å². The highest BCUT2D eigenvalue weighted by Gasteiger charge is 2.27. The Hall–Kier alpha value is -2.06. The summed E-state index contributed by atoms with van der Waals surface area (Å²) in [7, 11) is 3.37. The van der Waals surface area contributed by atoms with E-state index in [1.165, 1.54) is 17.0 Å². The lowest BCUT2D eigenvalue weighted by molar-refractivity contribution is -0.385. The molecule has 1 aromatic carbocycles. The number of rotatable bonds is 5. The maximum Gasteiger partial charge on any atom is 0.286 e. The number of nitrogens with one attached hydrogen (secondary N) is 1. The molecule has 0 saturated carbocycles. The molecule has 0 radical (unpaired) electrons. The van der Waals surface area contributed by atoms with Gasteiger partial charge in [-0.3, -0.25) is 14.9 Å². The molecular formula is C13H18ClN3O5. The first-order valence-corrected chi connectivity index (χ1v) is 6.52. The molecule has 1 heterocycles. The molecular weight excluding hydrogens is 314 g/mol. The Morgan fingerprint density at radius 1 is 1.36 bits per heavy atom. The van der Waals surface area contributed by atoms with E-state index in [0.29, 0.717) is 37.8 Å². The zero-order valence-electron chi connectivity index (χ0n) is 12.3. The van der Waals surface area contributed by atoms with Crippen molar-refractivity contribution in [1.29, 1.82) is 0 Å². The predicted octanol–water partition coefficient (Wildman–Crippen LogP) is 1.08. The quantitative estimate of drug-likeness (QED) is 0.641. The van der Waals surface area contributed by atoms with Crippen molar-refractivity contribution in [1.82, 2.24) is 10.2 Å². The van der Waals surface area contributed by atoms with Crippen molar-refractivity contribution in [2.45, 2.75) is 0 Å². The van der Waals surface area contributed by atoms with Crippen LogP contribution >= 0.6 is 12.4 Å². The van der Waals surface area contributed by atoms with Crippen molar-refractivity contribution in [3.63, 3.8) is 0 Å². The van der Waals surface area contributed by atoms with Gasteiger partial charge in [-0.05, 0) is 7.05 Å². The monoisotopic (exact) mass is 331 g/mol.